The monoisotopic (exact) mass is 278 g/mol. The Balaban J connectivity index is 1.97. The lowest BCUT2D eigenvalue weighted by atomic mass is 10.1. The second-order valence-corrected chi connectivity index (χ2v) is 4.74. The van der Waals surface area contributed by atoms with Gasteiger partial charge >= 0.3 is 6.03 Å². The highest BCUT2D eigenvalue weighted by molar-refractivity contribution is 5.95. The molecule has 6 nitrogen and oxygen atoms in total. The number of Topliss-reactive ketones (excluding diaryl/α,β-unsaturated/α-hetero) is 1. The van der Waals surface area contributed by atoms with Crippen molar-refractivity contribution in [3.05, 3.63) is 29.8 Å². The van der Waals surface area contributed by atoms with Crippen molar-refractivity contribution in [2.75, 3.05) is 31.6 Å². The van der Waals surface area contributed by atoms with Gasteiger partial charge in [-0.15, -0.1) is 0 Å². The first kappa shape index (κ1) is 14.5. The zero-order valence-corrected chi connectivity index (χ0v) is 11.3. The smallest absolute Gasteiger partial charge is 0.322 e. The van der Waals surface area contributed by atoms with E-state index in [-0.39, 0.29) is 25.0 Å². The molecule has 2 N–H and O–H groups in total. The van der Waals surface area contributed by atoms with E-state index in [0.717, 1.165) is 0 Å². The first-order valence-electron chi connectivity index (χ1n) is 6.49. The lowest BCUT2D eigenvalue weighted by molar-refractivity contribution is 0.0575. The predicted octanol–water partition coefficient (Wildman–Crippen LogP) is 1.11. The number of carbonyl (C=O) groups excluding carboxylic acids is 2. The van der Waals surface area contributed by atoms with Crippen molar-refractivity contribution < 1.29 is 19.4 Å². The predicted molar refractivity (Wildman–Crippen MR) is 73.9 cm³/mol. The van der Waals surface area contributed by atoms with Crippen LogP contribution in [0.5, 0.6) is 0 Å². The summed E-state index contributed by atoms with van der Waals surface area (Å²) in [6.45, 7) is 2.84. The number of hydrogen-bond acceptors (Lipinski definition) is 4. The number of amides is 2. The average molecular weight is 278 g/mol. The number of rotatable bonds is 2. The third kappa shape index (κ3) is 3.79. The van der Waals surface area contributed by atoms with Gasteiger partial charge in [0.15, 0.2) is 5.78 Å². The number of ether oxygens (including phenoxy) is 1. The Morgan fingerprint density at radius 3 is 2.70 bits per heavy atom. The fourth-order valence-electron chi connectivity index (χ4n) is 1.97. The first-order chi connectivity index (χ1) is 9.56. The van der Waals surface area contributed by atoms with Gasteiger partial charge in [0, 0.05) is 17.8 Å². The Kier molecular flexibility index (Phi) is 4.70. The molecule has 0 aliphatic carbocycles. The van der Waals surface area contributed by atoms with Crippen molar-refractivity contribution in [2.24, 2.45) is 0 Å². The highest BCUT2D eigenvalue weighted by Crippen LogP contribution is 2.11. The van der Waals surface area contributed by atoms with E-state index in [1.165, 1.54) is 11.8 Å². The summed E-state index contributed by atoms with van der Waals surface area (Å²) in [5.74, 6) is -0.0179. The number of aliphatic hydroxyl groups excluding tert-OH is 1. The van der Waals surface area contributed by atoms with E-state index in [1.54, 1.807) is 24.3 Å². The molecule has 20 heavy (non-hydrogen) atoms. The number of ketones is 1. The van der Waals surface area contributed by atoms with Crippen LogP contribution in [0.3, 0.4) is 0 Å². The summed E-state index contributed by atoms with van der Waals surface area (Å²) in [4.78, 5) is 24.7. The van der Waals surface area contributed by atoms with Gasteiger partial charge in [0.25, 0.3) is 0 Å². The largest absolute Gasteiger partial charge is 0.389 e. The molecule has 1 aliphatic heterocycles. The summed E-state index contributed by atoms with van der Waals surface area (Å²) in [5, 5.41) is 12.3. The molecule has 1 aromatic rings. The molecule has 108 valence electrons. The minimum Gasteiger partial charge on any atom is -0.389 e. The van der Waals surface area contributed by atoms with Gasteiger partial charge in [-0.1, -0.05) is 0 Å². The molecule has 0 bridgehead atoms. The summed E-state index contributed by atoms with van der Waals surface area (Å²) in [5.41, 5.74) is 1.21. The zero-order chi connectivity index (χ0) is 14.5. The number of carbonyl (C=O) groups is 2. The zero-order valence-electron chi connectivity index (χ0n) is 11.3. The topological polar surface area (TPSA) is 78.9 Å². The second-order valence-electron chi connectivity index (χ2n) is 4.74. The third-order valence-electron chi connectivity index (χ3n) is 3.08. The maximum Gasteiger partial charge on any atom is 0.322 e. The Morgan fingerprint density at radius 1 is 1.35 bits per heavy atom. The molecular weight excluding hydrogens is 260 g/mol. The molecule has 0 spiro atoms. The lowest BCUT2D eigenvalue weighted by Crippen LogP contribution is -2.40. The highest BCUT2D eigenvalue weighted by atomic mass is 16.5. The minimum absolute atomic E-state index is 0.0179. The highest BCUT2D eigenvalue weighted by Gasteiger charge is 2.20. The fourth-order valence-corrected chi connectivity index (χ4v) is 1.97. The minimum atomic E-state index is -0.664. The molecule has 2 amide bonds. The Morgan fingerprint density at radius 2 is 2.05 bits per heavy atom. The van der Waals surface area contributed by atoms with E-state index >= 15 is 0 Å². The number of benzene rings is 1. The molecule has 0 saturated carbocycles. The van der Waals surface area contributed by atoms with Gasteiger partial charge in [-0.3, -0.25) is 4.79 Å². The van der Waals surface area contributed by atoms with E-state index in [9.17, 15) is 14.7 Å². The van der Waals surface area contributed by atoms with Crippen LogP contribution in [-0.4, -0.2) is 54.2 Å². The van der Waals surface area contributed by atoms with E-state index in [1.807, 2.05) is 0 Å². The molecule has 1 aromatic carbocycles. The van der Waals surface area contributed by atoms with Crippen LogP contribution in [0.1, 0.15) is 17.3 Å². The van der Waals surface area contributed by atoms with E-state index in [0.29, 0.717) is 24.4 Å². The van der Waals surface area contributed by atoms with Crippen molar-refractivity contribution in [1.82, 2.24) is 4.90 Å². The van der Waals surface area contributed by atoms with Crippen LogP contribution in [0.25, 0.3) is 0 Å². The van der Waals surface area contributed by atoms with Crippen molar-refractivity contribution >= 4 is 17.5 Å². The molecule has 0 aromatic heterocycles. The van der Waals surface area contributed by atoms with E-state index in [2.05, 4.69) is 5.32 Å². The number of urea groups is 1. The van der Waals surface area contributed by atoms with Crippen LogP contribution in [-0.2, 0) is 4.74 Å². The van der Waals surface area contributed by atoms with Crippen molar-refractivity contribution in [3.8, 4) is 0 Å². The van der Waals surface area contributed by atoms with Crippen molar-refractivity contribution in [3.63, 3.8) is 0 Å². The van der Waals surface area contributed by atoms with E-state index < -0.39 is 6.10 Å². The molecule has 0 radical (unpaired) electrons. The molecular formula is C14H18N2O4. The van der Waals surface area contributed by atoms with Gasteiger partial charge in [-0.05, 0) is 31.2 Å². The van der Waals surface area contributed by atoms with Gasteiger partial charge < -0.3 is 20.1 Å². The molecule has 1 heterocycles. The normalized spacial score (nSPS) is 19.3. The van der Waals surface area contributed by atoms with Crippen LogP contribution < -0.4 is 5.32 Å². The Hall–Kier alpha value is -1.92. The maximum atomic E-state index is 12.1. The number of anilines is 1. The molecule has 1 atom stereocenters. The van der Waals surface area contributed by atoms with Crippen LogP contribution in [0.2, 0.25) is 0 Å². The van der Waals surface area contributed by atoms with Crippen LogP contribution in [0, 0.1) is 0 Å². The Labute approximate surface area is 117 Å². The van der Waals surface area contributed by atoms with E-state index in [4.69, 9.17) is 4.74 Å². The summed E-state index contributed by atoms with van der Waals surface area (Å²) < 4.78 is 5.17. The van der Waals surface area contributed by atoms with Gasteiger partial charge in [0.05, 0.1) is 25.9 Å². The number of nitrogens with one attached hydrogen (secondary N) is 1. The molecule has 1 saturated heterocycles. The second kappa shape index (κ2) is 6.49. The maximum absolute atomic E-state index is 12.1. The van der Waals surface area contributed by atoms with Crippen LogP contribution in [0.4, 0.5) is 10.5 Å². The number of hydrogen-bond donors (Lipinski definition) is 2. The van der Waals surface area contributed by atoms with Gasteiger partial charge in [-0.2, -0.15) is 0 Å². The quantitative estimate of drug-likeness (QED) is 0.794. The number of nitrogens with zero attached hydrogens (tertiary/aromatic N) is 1. The van der Waals surface area contributed by atoms with Crippen LogP contribution >= 0.6 is 0 Å². The van der Waals surface area contributed by atoms with Gasteiger partial charge in [0.1, 0.15) is 0 Å². The molecule has 2 rings (SSSR count). The summed E-state index contributed by atoms with van der Waals surface area (Å²) in [6, 6.07) is 6.40. The molecule has 0 unspecified atom stereocenters. The molecule has 1 aliphatic rings. The van der Waals surface area contributed by atoms with Gasteiger partial charge in [0.2, 0.25) is 0 Å². The van der Waals surface area contributed by atoms with Crippen LogP contribution in [0.15, 0.2) is 24.3 Å². The Bertz CT molecular complexity index is 486. The average Bonchev–Trinajstić information content (AvgIpc) is 2.64. The first-order valence-corrected chi connectivity index (χ1v) is 6.49. The molecule has 1 fully saturated rings. The SMILES string of the molecule is CC(=O)c1ccc(NC(=O)N2CCOC[C@@H](O)C2)cc1. The van der Waals surface area contributed by atoms with Gasteiger partial charge in [-0.25, -0.2) is 4.79 Å². The molecule has 6 heteroatoms. The fraction of sp³-hybridized carbons (Fsp3) is 0.429. The summed E-state index contributed by atoms with van der Waals surface area (Å²) >= 11 is 0. The number of β-amino-alcohol motifs (C(OH)–C–C–N with tert-alkyl or cyclic N) is 1. The summed E-state index contributed by atoms with van der Waals surface area (Å²) in [7, 11) is 0. The summed E-state index contributed by atoms with van der Waals surface area (Å²) in [6.07, 6.45) is -0.664. The van der Waals surface area contributed by atoms with Crippen molar-refractivity contribution in [1.29, 1.82) is 0 Å². The lowest BCUT2D eigenvalue weighted by Gasteiger charge is -2.21. The number of aliphatic hydroxyl groups is 1. The van der Waals surface area contributed by atoms with Crippen molar-refractivity contribution in [2.45, 2.75) is 13.0 Å². The standard InChI is InChI=1S/C14H18N2O4/c1-10(17)11-2-4-12(5-3-11)15-14(19)16-6-7-20-9-13(18)8-16/h2-5,13,18H,6-9H2,1H3,(H,15,19)/t13-/m0/s1. The third-order valence-corrected chi connectivity index (χ3v) is 3.08.